The van der Waals surface area contributed by atoms with Crippen molar-refractivity contribution < 1.29 is 14.6 Å². The van der Waals surface area contributed by atoms with Gasteiger partial charge in [-0.05, 0) is 6.92 Å². The summed E-state index contributed by atoms with van der Waals surface area (Å²) >= 11 is 0. The predicted molar refractivity (Wildman–Crippen MR) is 66.9 cm³/mol. The molecule has 1 aliphatic heterocycles. The molecule has 17 heavy (non-hydrogen) atoms. The summed E-state index contributed by atoms with van der Waals surface area (Å²) in [5.74, 6) is 0.289. The molecule has 1 saturated heterocycles. The number of morpholine rings is 1. The molecule has 1 N–H and O–H groups in total. The molecule has 1 rings (SSSR count). The average Bonchev–Trinajstić information content (AvgIpc) is 2.23. The molecule has 0 saturated carbocycles. The molecule has 0 amide bonds. The first-order valence-electron chi connectivity index (χ1n) is 6.35. The lowest BCUT2D eigenvalue weighted by Crippen LogP contribution is -2.48. The van der Waals surface area contributed by atoms with Crippen molar-refractivity contribution in [1.29, 1.82) is 0 Å². The second kappa shape index (κ2) is 5.94. The first-order chi connectivity index (χ1) is 7.82. The third-order valence-corrected chi connectivity index (χ3v) is 3.10. The zero-order valence-electron chi connectivity index (χ0n) is 11.4. The van der Waals surface area contributed by atoms with Crippen LogP contribution in [0.15, 0.2) is 0 Å². The summed E-state index contributed by atoms with van der Waals surface area (Å²) in [5.41, 5.74) is -0.256. The standard InChI is InChI=1S/C13H25NO3/c1-10-7-14(8-11(9-15)17-10)6-5-12(16)13(2,3)4/h10-11,15H,5-9H2,1-4H3. The van der Waals surface area contributed by atoms with Crippen LogP contribution in [0, 0.1) is 5.41 Å². The quantitative estimate of drug-likeness (QED) is 0.802. The monoisotopic (exact) mass is 243 g/mol. The minimum absolute atomic E-state index is 0.0497. The van der Waals surface area contributed by atoms with Gasteiger partial charge in [0.1, 0.15) is 5.78 Å². The van der Waals surface area contributed by atoms with Crippen LogP contribution >= 0.6 is 0 Å². The summed E-state index contributed by atoms with van der Waals surface area (Å²) in [6.45, 7) is 10.2. The van der Waals surface area contributed by atoms with Gasteiger partial charge in [-0.2, -0.15) is 0 Å². The largest absolute Gasteiger partial charge is 0.394 e. The SMILES string of the molecule is CC1CN(CCC(=O)C(C)(C)C)CC(CO)O1. The highest BCUT2D eigenvalue weighted by molar-refractivity contribution is 5.83. The van der Waals surface area contributed by atoms with E-state index in [1.165, 1.54) is 0 Å². The molecule has 0 spiro atoms. The molecular formula is C13H25NO3. The van der Waals surface area contributed by atoms with E-state index >= 15 is 0 Å². The lowest BCUT2D eigenvalue weighted by Gasteiger charge is -2.36. The number of aliphatic hydroxyl groups excluding tert-OH is 1. The van der Waals surface area contributed by atoms with Gasteiger partial charge in [0.2, 0.25) is 0 Å². The number of carbonyl (C=O) groups excluding carboxylic acids is 1. The summed E-state index contributed by atoms with van der Waals surface area (Å²) in [4.78, 5) is 14.0. The average molecular weight is 243 g/mol. The van der Waals surface area contributed by atoms with Crippen molar-refractivity contribution in [2.24, 2.45) is 5.41 Å². The molecule has 2 unspecified atom stereocenters. The second-order valence-electron chi connectivity index (χ2n) is 5.93. The highest BCUT2D eigenvalue weighted by Gasteiger charge is 2.26. The highest BCUT2D eigenvalue weighted by atomic mass is 16.5. The normalized spacial score (nSPS) is 27.1. The molecule has 100 valence electrons. The molecule has 1 aliphatic rings. The van der Waals surface area contributed by atoms with Crippen molar-refractivity contribution in [2.75, 3.05) is 26.2 Å². The van der Waals surface area contributed by atoms with Crippen molar-refractivity contribution in [2.45, 2.75) is 46.3 Å². The van der Waals surface area contributed by atoms with Gasteiger partial charge in [0.05, 0.1) is 18.8 Å². The van der Waals surface area contributed by atoms with E-state index in [4.69, 9.17) is 9.84 Å². The van der Waals surface area contributed by atoms with Gasteiger partial charge in [-0.25, -0.2) is 0 Å². The number of Topliss-reactive ketones (excluding diaryl/α,β-unsaturated/α-hetero) is 1. The molecule has 4 heteroatoms. The number of ether oxygens (including phenoxy) is 1. The number of hydrogen-bond donors (Lipinski definition) is 1. The molecule has 0 aliphatic carbocycles. The van der Waals surface area contributed by atoms with Crippen molar-refractivity contribution in [3.8, 4) is 0 Å². The lowest BCUT2D eigenvalue weighted by molar-refractivity contribution is -0.128. The summed E-state index contributed by atoms with van der Waals surface area (Å²) in [6.07, 6.45) is 0.600. The van der Waals surface area contributed by atoms with Crippen LogP contribution in [0.3, 0.4) is 0 Å². The zero-order valence-corrected chi connectivity index (χ0v) is 11.4. The molecule has 1 fully saturated rings. The Balaban J connectivity index is 2.39. The molecule has 2 atom stereocenters. The van der Waals surface area contributed by atoms with E-state index in [0.29, 0.717) is 6.42 Å². The third-order valence-electron chi connectivity index (χ3n) is 3.10. The Labute approximate surface area is 104 Å². The van der Waals surface area contributed by atoms with E-state index < -0.39 is 0 Å². The fourth-order valence-corrected chi connectivity index (χ4v) is 2.06. The molecule has 0 bridgehead atoms. The van der Waals surface area contributed by atoms with Crippen molar-refractivity contribution in [3.05, 3.63) is 0 Å². The third kappa shape index (κ3) is 4.74. The predicted octanol–water partition coefficient (Wildman–Crippen LogP) is 1.07. The Morgan fingerprint density at radius 3 is 2.59 bits per heavy atom. The topological polar surface area (TPSA) is 49.8 Å². The minimum atomic E-state index is -0.256. The number of aliphatic hydroxyl groups is 1. The van der Waals surface area contributed by atoms with Gasteiger partial charge in [-0.3, -0.25) is 9.69 Å². The van der Waals surface area contributed by atoms with E-state index in [-0.39, 0.29) is 30.0 Å². The number of carbonyl (C=O) groups is 1. The molecule has 0 aromatic carbocycles. The van der Waals surface area contributed by atoms with Crippen molar-refractivity contribution in [1.82, 2.24) is 4.90 Å². The van der Waals surface area contributed by atoms with E-state index in [1.54, 1.807) is 0 Å². The molecule has 4 nitrogen and oxygen atoms in total. The van der Waals surface area contributed by atoms with Gasteiger partial charge in [-0.1, -0.05) is 20.8 Å². The summed E-state index contributed by atoms with van der Waals surface area (Å²) in [5, 5.41) is 9.11. The minimum Gasteiger partial charge on any atom is -0.394 e. The van der Waals surface area contributed by atoms with Crippen LogP contribution in [0.4, 0.5) is 0 Å². The number of hydrogen-bond acceptors (Lipinski definition) is 4. The van der Waals surface area contributed by atoms with Gasteiger partial charge in [0.15, 0.2) is 0 Å². The summed E-state index contributed by atoms with van der Waals surface area (Å²) < 4.78 is 5.56. The van der Waals surface area contributed by atoms with E-state index in [0.717, 1.165) is 19.6 Å². The Morgan fingerprint density at radius 1 is 1.41 bits per heavy atom. The van der Waals surface area contributed by atoms with E-state index in [1.807, 2.05) is 27.7 Å². The van der Waals surface area contributed by atoms with Crippen LogP contribution in [0.25, 0.3) is 0 Å². The fourth-order valence-electron chi connectivity index (χ4n) is 2.06. The first kappa shape index (κ1) is 14.6. The van der Waals surface area contributed by atoms with Crippen LogP contribution in [-0.4, -0.2) is 54.2 Å². The van der Waals surface area contributed by atoms with Gasteiger partial charge >= 0.3 is 0 Å². The second-order valence-corrected chi connectivity index (χ2v) is 5.93. The zero-order chi connectivity index (χ0) is 13.1. The van der Waals surface area contributed by atoms with Crippen LogP contribution in [0.2, 0.25) is 0 Å². The molecule has 1 heterocycles. The van der Waals surface area contributed by atoms with Crippen LogP contribution in [0.1, 0.15) is 34.1 Å². The van der Waals surface area contributed by atoms with Gasteiger partial charge in [-0.15, -0.1) is 0 Å². The summed E-state index contributed by atoms with van der Waals surface area (Å²) in [7, 11) is 0. The Hall–Kier alpha value is -0.450. The van der Waals surface area contributed by atoms with E-state index in [9.17, 15) is 4.79 Å². The van der Waals surface area contributed by atoms with Crippen molar-refractivity contribution in [3.63, 3.8) is 0 Å². The van der Waals surface area contributed by atoms with E-state index in [2.05, 4.69) is 4.90 Å². The van der Waals surface area contributed by atoms with Crippen LogP contribution in [-0.2, 0) is 9.53 Å². The maximum atomic E-state index is 11.8. The maximum absolute atomic E-state index is 11.8. The van der Waals surface area contributed by atoms with Gasteiger partial charge in [0.25, 0.3) is 0 Å². The lowest BCUT2D eigenvalue weighted by atomic mass is 9.89. The maximum Gasteiger partial charge on any atom is 0.139 e. The smallest absolute Gasteiger partial charge is 0.139 e. The Bertz CT molecular complexity index is 260. The fraction of sp³-hybridized carbons (Fsp3) is 0.923. The Kier molecular flexibility index (Phi) is 5.10. The molecular weight excluding hydrogens is 218 g/mol. The van der Waals surface area contributed by atoms with Crippen LogP contribution < -0.4 is 0 Å². The Morgan fingerprint density at radius 2 is 2.06 bits per heavy atom. The highest BCUT2D eigenvalue weighted by Crippen LogP contribution is 2.18. The number of rotatable bonds is 4. The molecule has 0 aromatic rings. The molecule has 0 radical (unpaired) electrons. The molecule has 0 aromatic heterocycles. The number of nitrogens with zero attached hydrogens (tertiary/aromatic N) is 1. The van der Waals surface area contributed by atoms with Crippen molar-refractivity contribution >= 4 is 5.78 Å². The number of ketones is 1. The van der Waals surface area contributed by atoms with Gasteiger partial charge in [0, 0.05) is 31.5 Å². The van der Waals surface area contributed by atoms with Gasteiger partial charge < -0.3 is 9.84 Å². The summed E-state index contributed by atoms with van der Waals surface area (Å²) in [6, 6.07) is 0. The van der Waals surface area contributed by atoms with Crippen LogP contribution in [0.5, 0.6) is 0 Å². The first-order valence-corrected chi connectivity index (χ1v) is 6.35.